The molecule has 0 aliphatic carbocycles. The van der Waals surface area contributed by atoms with Crippen molar-refractivity contribution in [3.05, 3.63) is 65.5 Å². The van der Waals surface area contributed by atoms with Gasteiger partial charge in [0.05, 0.1) is 13.5 Å². The smallest absolute Gasteiger partial charge is 0.242 e. The Morgan fingerprint density at radius 2 is 1.69 bits per heavy atom. The maximum absolute atomic E-state index is 13.2. The first kappa shape index (κ1) is 22.4. The molecule has 0 aliphatic rings. The van der Waals surface area contributed by atoms with Crippen LogP contribution >= 0.6 is 0 Å². The summed E-state index contributed by atoms with van der Waals surface area (Å²) in [6.45, 7) is 4.67. The highest BCUT2D eigenvalue weighted by Gasteiger charge is 2.26. The Hall–Kier alpha value is -2.89. The number of halogens is 1. The van der Waals surface area contributed by atoms with E-state index >= 15 is 0 Å². The molecule has 2 rings (SSSR count). The SMILES string of the molecule is CCCCNC(=O)[C@H](C)N(Cc1ccc(OC)cc1)C(=O)Cc1ccc(F)cc1. The highest BCUT2D eigenvalue weighted by molar-refractivity contribution is 5.88. The minimum absolute atomic E-state index is 0.100. The molecule has 2 aromatic carbocycles. The molecule has 29 heavy (non-hydrogen) atoms. The van der Waals surface area contributed by atoms with Crippen LogP contribution in [0.5, 0.6) is 5.75 Å². The molecule has 0 bridgehead atoms. The Bertz CT molecular complexity index is 791. The first-order valence-electron chi connectivity index (χ1n) is 9.89. The van der Waals surface area contributed by atoms with Crippen LogP contribution in [0.2, 0.25) is 0 Å². The second-order valence-corrected chi connectivity index (χ2v) is 6.99. The van der Waals surface area contributed by atoms with E-state index in [1.165, 1.54) is 12.1 Å². The number of amides is 2. The molecule has 5 nitrogen and oxygen atoms in total. The van der Waals surface area contributed by atoms with Crippen LogP contribution in [-0.2, 0) is 22.6 Å². The molecular weight excluding hydrogens is 371 g/mol. The molecule has 0 unspecified atom stereocenters. The summed E-state index contributed by atoms with van der Waals surface area (Å²) in [6.07, 6.45) is 1.97. The third-order valence-corrected chi connectivity index (χ3v) is 4.78. The molecule has 0 saturated carbocycles. The van der Waals surface area contributed by atoms with Crippen LogP contribution in [0.3, 0.4) is 0 Å². The van der Waals surface area contributed by atoms with Crippen LogP contribution in [0, 0.1) is 5.82 Å². The van der Waals surface area contributed by atoms with E-state index in [1.807, 2.05) is 24.3 Å². The van der Waals surface area contributed by atoms with Crippen LogP contribution in [-0.4, -0.2) is 36.4 Å². The molecule has 2 aromatic rings. The number of unbranched alkanes of at least 4 members (excludes halogenated alkanes) is 1. The van der Waals surface area contributed by atoms with Gasteiger partial charge in [0.2, 0.25) is 11.8 Å². The number of hydrogen-bond acceptors (Lipinski definition) is 3. The molecule has 0 aliphatic heterocycles. The van der Waals surface area contributed by atoms with Crippen LogP contribution in [0.25, 0.3) is 0 Å². The monoisotopic (exact) mass is 400 g/mol. The minimum Gasteiger partial charge on any atom is -0.497 e. The molecule has 0 radical (unpaired) electrons. The zero-order valence-electron chi connectivity index (χ0n) is 17.3. The van der Waals surface area contributed by atoms with Crippen LogP contribution in [0.15, 0.2) is 48.5 Å². The Balaban J connectivity index is 2.16. The molecule has 0 heterocycles. The van der Waals surface area contributed by atoms with E-state index in [0.717, 1.165) is 24.2 Å². The van der Waals surface area contributed by atoms with Gasteiger partial charge in [-0.2, -0.15) is 0 Å². The summed E-state index contributed by atoms with van der Waals surface area (Å²) in [7, 11) is 1.59. The van der Waals surface area contributed by atoms with Crippen LogP contribution < -0.4 is 10.1 Å². The van der Waals surface area contributed by atoms with E-state index in [9.17, 15) is 14.0 Å². The maximum Gasteiger partial charge on any atom is 0.242 e. The fourth-order valence-corrected chi connectivity index (χ4v) is 2.92. The Kier molecular flexibility index (Phi) is 8.65. The van der Waals surface area contributed by atoms with Crippen molar-refractivity contribution >= 4 is 11.8 Å². The lowest BCUT2D eigenvalue weighted by Crippen LogP contribution is -2.48. The van der Waals surface area contributed by atoms with E-state index < -0.39 is 6.04 Å². The summed E-state index contributed by atoms with van der Waals surface area (Å²) in [4.78, 5) is 27.2. The lowest BCUT2D eigenvalue weighted by atomic mass is 10.1. The van der Waals surface area contributed by atoms with Gasteiger partial charge >= 0.3 is 0 Å². The summed E-state index contributed by atoms with van der Waals surface area (Å²) >= 11 is 0. The van der Waals surface area contributed by atoms with E-state index in [4.69, 9.17) is 4.74 Å². The zero-order valence-corrected chi connectivity index (χ0v) is 17.3. The van der Waals surface area contributed by atoms with Crippen molar-refractivity contribution in [3.63, 3.8) is 0 Å². The summed E-state index contributed by atoms with van der Waals surface area (Å²) in [5, 5.41) is 2.89. The zero-order chi connectivity index (χ0) is 21.2. The fraction of sp³-hybridized carbons (Fsp3) is 0.391. The van der Waals surface area contributed by atoms with Crippen molar-refractivity contribution in [2.45, 2.75) is 45.7 Å². The predicted molar refractivity (Wildman–Crippen MR) is 111 cm³/mol. The summed E-state index contributed by atoms with van der Waals surface area (Å²) in [5.74, 6) is 0.00763. The number of carbonyl (C=O) groups excluding carboxylic acids is 2. The van der Waals surface area contributed by atoms with Gasteiger partial charge in [-0.1, -0.05) is 37.6 Å². The number of nitrogens with zero attached hydrogens (tertiary/aromatic N) is 1. The lowest BCUT2D eigenvalue weighted by molar-refractivity contribution is -0.140. The highest BCUT2D eigenvalue weighted by atomic mass is 19.1. The second-order valence-electron chi connectivity index (χ2n) is 6.99. The third kappa shape index (κ3) is 6.89. The highest BCUT2D eigenvalue weighted by Crippen LogP contribution is 2.16. The standard InChI is InChI=1S/C23H29FN2O3/c1-4-5-14-25-23(28)17(2)26(16-19-8-12-21(29-3)13-9-19)22(27)15-18-6-10-20(24)11-7-18/h6-13,17H,4-5,14-16H2,1-3H3,(H,25,28)/t17-/m0/s1. The van der Waals surface area contributed by atoms with Crippen molar-refractivity contribution in [3.8, 4) is 5.75 Å². The first-order valence-corrected chi connectivity index (χ1v) is 9.89. The molecule has 0 spiro atoms. The predicted octanol–water partition coefficient (Wildman–Crippen LogP) is 3.71. The van der Waals surface area contributed by atoms with Crippen molar-refractivity contribution in [2.24, 2.45) is 0 Å². The number of hydrogen-bond donors (Lipinski definition) is 1. The normalized spacial score (nSPS) is 11.6. The quantitative estimate of drug-likeness (QED) is 0.619. The number of ether oxygens (including phenoxy) is 1. The lowest BCUT2D eigenvalue weighted by Gasteiger charge is -2.29. The summed E-state index contributed by atoms with van der Waals surface area (Å²) < 4.78 is 18.3. The molecule has 2 amide bonds. The molecule has 1 N–H and O–H groups in total. The number of carbonyl (C=O) groups is 2. The summed E-state index contributed by atoms with van der Waals surface area (Å²) in [6, 6.07) is 12.6. The first-order chi connectivity index (χ1) is 13.9. The van der Waals surface area contributed by atoms with Crippen molar-refractivity contribution in [1.29, 1.82) is 0 Å². The Labute approximate surface area is 171 Å². The number of benzene rings is 2. The van der Waals surface area contributed by atoms with Gasteiger partial charge in [-0.3, -0.25) is 9.59 Å². The topological polar surface area (TPSA) is 58.6 Å². The van der Waals surface area contributed by atoms with Gasteiger partial charge in [-0.05, 0) is 48.7 Å². The van der Waals surface area contributed by atoms with Gasteiger partial charge in [-0.15, -0.1) is 0 Å². The Morgan fingerprint density at radius 3 is 2.28 bits per heavy atom. The van der Waals surface area contributed by atoms with Gasteiger partial charge in [0, 0.05) is 13.1 Å². The van der Waals surface area contributed by atoms with E-state index in [2.05, 4.69) is 12.2 Å². The van der Waals surface area contributed by atoms with Crippen LogP contribution in [0.1, 0.15) is 37.8 Å². The molecule has 156 valence electrons. The van der Waals surface area contributed by atoms with Gasteiger partial charge in [0.15, 0.2) is 0 Å². The van der Waals surface area contributed by atoms with E-state index in [-0.39, 0.29) is 24.1 Å². The molecule has 1 atom stereocenters. The molecule has 0 saturated heterocycles. The number of methoxy groups -OCH3 is 1. The summed E-state index contributed by atoms with van der Waals surface area (Å²) in [5.41, 5.74) is 1.60. The second kappa shape index (κ2) is 11.2. The van der Waals surface area contributed by atoms with Gasteiger partial charge in [0.1, 0.15) is 17.6 Å². The maximum atomic E-state index is 13.2. The largest absolute Gasteiger partial charge is 0.497 e. The van der Waals surface area contributed by atoms with Gasteiger partial charge in [-0.25, -0.2) is 4.39 Å². The van der Waals surface area contributed by atoms with Crippen LogP contribution in [0.4, 0.5) is 4.39 Å². The Morgan fingerprint density at radius 1 is 1.07 bits per heavy atom. The fourth-order valence-electron chi connectivity index (χ4n) is 2.92. The van der Waals surface area contributed by atoms with Gasteiger partial charge < -0.3 is 15.0 Å². The minimum atomic E-state index is -0.623. The van der Waals surface area contributed by atoms with Crippen molar-refractivity contribution in [1.82, 2.24) is 10.2 Å². The molecule has 0 aromatic heterocycles. The van der Waals surface area contributed by atoms with Crippen molar-refractivity contribution < 1.29 is 18.7 Å². The molecule has 6 heteroatoms. The van der Waals surface area contributed by atoms with E-state index in [0.29, 0.717) is 18.7 Å². The van der Waals surface area contributed by atoms with E-state index in [1.54, 1.807) is 31.1 Å². The average Bonchev–Trinajstić information content (AvgIpc) is 2.73. The third-order valence-electron chi connectivity index (χ3n) is 4.78. The van der Waals surface area contributed by atoms with Gasteiger partial charge in [0.25, 0.3) is 0 Å². The molecular formula is C23H29FN2O3. The van der Waals surface area contributed by atoms with Crippen molar-refractivity contribution in [2.75, 3.05) is 13.7 Å². The average molecular weight is 400 g/mol. The number of nitrogens with one attached hydrogen (secondary N) is 1. The molecule has 0 fully saturated rings. The number of rotatable bonds is 10.